The van der Waals surface area contributed by atoms with Gasteiger partial charge in [0.1, 0.15) is 5.75 Å². The summed E-state index contributed by atoms with van der Waals surface area (Å²) in [5.41, 5.74) is 5.34. The fraction of sp³-hybridized carbons (Fsp3) is 0.160. The van der Waals surface area contributed by atoms with Crippen molar-refractivity contribution >= 4 is 29.7 Å². The molecule has 3 aromatic rings. The van der Waals surface area contributed by atoms with E-state index in [4.69, 9.17) is 25.8 Å². The Morgan fingerprint density at radius 3 is 2.39 bits per heavy atom. The number of methoxy groups -OCH3 is 1. The van der Waals surface area contributed by atoms with Gasteiger partial charge in [0.2, 0.25) is 0 Å². The molecule has 3 rings (SSSR count). The molecular weight excluding hydrogens is 444 g/mol. The van der Waals surface area contributed by atoms with Crippen LogP contribution in [-0.4, -0.2) is 31.8 Å². The van der Waals surface area contributed by atoms with Crippen molar-refractivity contribution in [2.75, 3.05) is 13.7 Å². The third kappa shape index (κ3) is 6.82. The van der Waals surface area contributed by atoms with Crippen molar-refractivity contribution in [3.05, 3.63) is 87.9 Å². The Bertz CT molecular complexity index is 1180. The molecule has 3 aromatic carbocycles. The molecule has 1 amide bonds. The van der Waals surface area contributed by atoms with E-state index < -0.39 is 11.9 Å². The van der Waals surface area contributed by atoms with E-state index in [2.05, 4.69) is 10.5 Å². The second-order valence-corrected chi connectivity index (χ2v) is 7.59. The number of hydrogen-bond acceptors (Lipinski definition) is 6. The van der Waals surface area contributed by atoms with E-state index >= 15 is 0 Å². The highest BCUT2D eigenvalue weighted by atomic mass is 35.5. The van der Waals surface area contributed by atoms with Crippen LogP contribution in [0.3, 0.4) is 0 Å². The number of hydrazone groups is 1. The molecule has 33 heavy (non-hydrogen) atoms. The van der Waals surface area contributed by atoms with E-state index in [1.807, 2.05) is 26.0 Å². The third-order valence-electron chi connectivity index (χ3n) is 4.58. The summed E-state index contributed by atoms with van der Waals surface area (Å²) in [7, 11) is 1.47. The van der Waals surface area contributed by atoms with Crippen LogP contribution in [-0.2, 0) is 4.79 Å². The topological polar surface area (TPSA) is 86.2 Å². The van der Waals surface area contributed by atoms with Crippen LogP contribution >= 0.6 is 11.6 Å². The molecule has 1 N–H and O–H groups in total. The molecule has 0 aromatic heterocycles. The van der Waals surface area contributed by atoms with Gasteiger partial charge in [-0.3, -0.25) is 4.79 Å². The molecule has 0 aliphatic heterocycles. The molecule has 170 valence electrons. The maximum absolute atomic E-state index is 12.4. The second-order valence-electron chi connectivity index (χ2n) is 7.16. The van der Waals surface area contributed by atoms with Crippen molar-refractivity contribution in [1.29, 1.82) is 0 Å². The summed E-state index contributed by atoms with van der Waals surface area (Å²) in [5, 5.41) is 4.52. The number of benzene rings is 3. The first kappa shape index (κ1) is 23.8. The Labute approximate surface area is 196 Å². The Morgan fingerprint density at radius 1 is 0.970 bits per heavy atom. The minimum absolute atomic E-state index is 0.197. The minimum Gasteiger partial charge on any atom is -0.493 e. The maximum Gasteiger partial charge on any atom is 0.343 e. The molecule has 0 fully saturated rings. The van der Waals surface area contributed by atoms with Crippen LogP contribution in [0.1, 0.15) is 27.0 Å². The number of nitrogens with zero attached hydrogens (tertiary/aromatic N) is 1. The molecule has 7 nitrogen and oxygen atoms in total. The van der Waals surface area contributed by atoms with Gasteiger partial charge in [-0.2, -0.15) is 5.10 Å². The van der Waals surface area contributed by atoms with Crippen LogP contribution in [0.4, 0.5) is 0 Å². The SMILES string of the molecule is COc1cc(/C=N/NC(=O)COc2ccc(Cl)cc2C)ccc1OC(=O)c1ccc(C)cc1. The van der Waals surface area contributed by atoms with Gasteiger partial charge >= 0.3 is 5.97 Å². The van der Waals surface area contributed by atoms with Crippen LogP contribution in [0.15, 0.2) is 65.8 Å². The van der Waals surface area contributed by atoms with Crippen LogP contribution in [0.25, 0.3) is 0 Å². The fourth-order valence-electron chi connectivity index (χ4n) is 2.83. The van der Waals surface area contributed by atoms with Crippen LogP contribution < -0.4 is 19.6 Å². The van der Waals surface area contributed by atoms with E-state index in [0.29, 0.717) is 27.6 Å². The maximum atomic E-state index is 12.4. The number of aryl methyl sites for hydroxylation is 2. The van der Waals surface area contributed by atoms with Gasteiger partial charge < -0.3 is 14.2 Å². The van der Waals surface area contributed by atoms with Gasteiger partial charge in [-0.25, -0.2) is 10.2 Å². The summed E-state index contributed by atoms with van der Waals surface area (Å²) in [6, 6.07) is 17.1. The average Bonchev–Trinajstić information content (AvgIpc) is 2.79. The average molecular weight is 467 g/mol. The Morgan fingerprint density at radius 2 is 1.70 bits per heavy atom. The lowest BCUT2D eigenvalue weighted by Crippen LogP contribution is -2.24. The smallest absolute Gasteiger partial charge is 0.343 e. The van der Waals surface area contributed by atoms with Gasteiger partial charge in [-0.1, -0.05) is 29.3 Å². The summed E-state index contributed by atoms with van der Waals surface area (Å²) in [5.74, 6) is 0.288. The Balaban J connectivity index is 1.56. The highest BCUT2D eigenvalue weighted by Gasteiger charge is 2.13. The molecule has 0 heterocycles. The van der Waals surface area contributed by atoms with Crippen molar-refractivity contribution in [2.24, 2.45) is 5.10 Å². The van der Waals surface area contributed by atoms with Crippen molar-refractivity contribution in [3.8, 4) is 17.2 Å². The molecular formula is C25H23ClN2O5. The lowest BCUT2D eigenvalue weighted by Gasteiger charge is -2.10. The monoisotopic (exact) mass is 466 g/mol. The van der Waals surface area contributed by atoms with Crippen molar-refractivity contribution in [1.82, 2.24) is 5.43 Å². The van der Waals surface area contributed by atoms with Gasteiger partial charge in [-0.05, 0) is 73.5 Å². The summed E-state index contributed by atoms with van der Waals surface area (Å²) < 4.78 is 16.2. The first-order valence-corrected chi connectivity index (χ1v) is 10.4. The molecule has 0 unspecified atom stereocenters. The first-order chi connectivity index (χ1) is 15.9. The molecule has 0 saturated heterocycles. The van der Waals surface area contributed by atoms with E-state index in [0.717, 1.165) is 11.1 Å². The van der Waals surface area contributed by atoms with Crippen molar-refractivity contribution in [3.63, 3.8) is 0 Å². The highest BCUT2D eigenvalue weighted by molar-refractivity contribution is 6.30. The first-order valence-electron chi connectivity index (χ1n) is 10.0. The molecule has 8 heteroatoms. The third-order valence-corrected chi connectivity index (χ3v) is 4.81. The largest absolute Gasteiger partial charge is 0.493 e. The number of hydrogen-bond donors (Lipinski definition) is 1. The zero-order valence-electron chi connectivity index (χ0n) is 18.4. The summed E-state index contributed by atoms with van der Waals surface area (Å²) >= 11 is 5.91. The number of carbonyl (C=O) groups is 2. The van der Waals surface area contributed by atoms with E-state index in [9.17, 15) is 9.59 Å². The number of nitrogens with one attached hydrogen (secondary N) is 1. The molecule has 0 saturated carbocycles. The molecule has 0 bridgehead atoms. The van der Waals surface area contributed by atoms with Crippen LogP contribution in [0.2, 0.25) is 5.02 Å². The highest BCUT2D eigenvalue weighted by Crippen LogP contribution is 2.28. The Kier molecular flexibility index (Phi) is 8.05. The number of amides is 1. The number of ether oxygens (including phenoxy) is 3. The predicted molar refractivity (Wildman–Crippen MR) is 127 cm³/mol. The van der Waals surface area contributed by atoms with E-state index in [1.165, 1.54) is 13.3 Å². The summed E-state index contributed by atoms with van der Waals surface area (Å²) in [6.45, 7) is 3.58. The molecule has 0 aliphatic rings. The zero-order valence-corrected chi connectivity index (χ0v) is 19.2. The zero-order chi connectivity index (χ0) is 23.8. The second kappa shape index (κ2) is 11.2. The predicted octanol–water partition coefficient (Wildman–Crippen LogP) is 4.71. The van der Waals surface area contributed by atoms with Gasteiger partial charge in [0.05, 0.1) is 18.9 Å². The van der Waals surface area contributed by atoms with Gasteiger partial charge in [0, 0.05) is 5.02 Å². The minimum atomic E-state index is -0.488. The fourth-order valence-corrected chi connectivity index (χ4v) is 3.05. The van der Waals surface area contributed by atoms with E-state index in [1.54, 1.807) is 48.5 Å². The van der Waals surface area contributed by atoms with Crippen LogP contribution in [0.5, 0.6) is 17.2 Å². The lowest BCUT2D eigenvalue weighted by molar-refractivity contribution is -0.123. The lowest BCUT2D eigenvalue weighted by atomic mass is 10.1. The quantitative estimate of drug-likeness (QED) is 0.225. The number of rotatable bonds is 8. The normalized spacial score (nSPS) is 10.7. The number of halogens is 1. The summed E-state index contributed by atoms with van der Waals surface area (Å²) in [6.07, 6.45) is 1.44. The van der Waals surface area contributed by atoms with Crippen molar-refractivity contribution in [2.45, 2.75) is 13.8 Å². The van der Waals surface area contributed by atoms with Gasteiger partial charge in [-0.15, -0.1) is 0 Å². The molecule has 0 spiro atoms. The number of esters is 1. The van der Waals surface area contributed by atoms with Crippen LogP contribution in [0, 0.1) is 13.8 Å². The van der Waals surface area contributed by atoms with Gasteiger partial charge in [0.15, 0.2) is 18.1 Å². The molecule has 0 radical (unpaired) electrons. The van der Waals surface area contributed by atoms with Crippen molar-refractivity contribution < 1.29 is 23.8 Å². The Hall–Kier alpha value is -3.84. The number of carbonyl (C=O) groups excluding carboxylic acids is 2. The molecule has 0 aliphatic carbocycles. The standard InChI is InChI=1S/C25H23ClN2O5/c1-16-4-7-19(8-5-16)25(30)33-22-10-6-18(13-23(22)31-3)14-27-28-24(29)15-32-21-11-9-20(26)12-17(21)2/h4-14H,15H2,1-3H3,(H,28,29)/b27-14+. The molecule has 0 atom stereocenters. The van der Waals surface area contributed by atoms with Gasteiger partial charge in [0.25, 0.3) is 5.91 Å². The summed E-state index contributed by atoms with van der Waals surface area (Å²) in [4.78, 5) is 24.3. The van der Waals surface area contributed by atoms with E-state index in [-0.39, 0.29) is 12.4 Å².